The SMILES string of the molecule is C[NH+](CC(=O)Nc1c(F)cccc1F)Cc1ccc(Cl)s1. The monoisotopic (exact) mass is 331 g/mol. The van der Waals surface area contributed by atoms with Crippen molar-refractivity contribution in [1.29, 1.82) is 0 Å². The van der Waals surface area contributed by atoms with E-state index in [9.17, 15) is 13.6 Å². The van der Waals surface area contributed by atoms with E-state index in [0.717, 1.165) is 21.9 Å². The van der Waals surface area contributed by atoms with Gasteiger partial charge >= 0.3 is 0 Å². The summed E-state index contributed by atoms with van der Waals surface area (Å²) >= 11 is 7.28. The highest BCUT2D eigenvalue weighted by Crippen LogP contribution is 2.20. The molecule has 1 amide bonds. The number of hydrogen-bond donors (Lipinski definition) is 2. The number of benzene rings is 1. The number of halogens is 3. The van der Waals surface area contributed by atoms with Gasteiger partial charge < -0.3 is 10.2 Å². The third-order valence-electron chi connectivity index (χ3n) is 2.79. The van der Waals surface area contributed by atoms with Crippen LogP contribution in [0.15, 0.2) is 30.3 Å². The predicted octanol–water partition coefficient (Wildman–Crippen LogP) is 2.33. The molecule has 0 radical (unpaired) electrons. The van der Waals surface area contributed by atoms with Gasteiger partial charge in [0.2, 0.25) is 0 Å². The summed E-state index contributed by atoms with van der Waals surface area (Å²) in [5, 5.41) is 2.27. The summed E-state index contributed by atoms with van der Waals surface area (Å²) in [5.41, 5.74) is -0.408. The summed E-state index contributed by atoms with van der Waals surface area (Å²) in [6, 6.07) is 7.14. The minimum absolute atomic E-state index is 0.100. The van der Waals surface area contributed by atoms with Crippen molar-refractivity contribution in [2.75, 3.05) is 18.9 Å². The van der Waals surface area contributed by atoms with E-state index in [4.69, 9.17) is 11.6 Å². The summed E-state index contributed by atoms with van der Waals surface area (Å²) in [4.78, 5) is 13.8. The molecule has 0 bridgehead atoms. The van der Waals surface area contributed by atoms with Gasteiger partial charge in [0.15, 0.2) is 6.54 Å². The largest absolute Gasteiger partial charge is 0.325 e. The molecule has 0 aliphatic heterocycles. The zero-order chi connectivity index (χ0) is 15.4. The van der Waals surface area contributed by atoms with Crippen LogP contribution in [0.1, 0.15) is 4.88 Å². The Balaban J connectivity index is 1.92. The molecule has 0 aliphatic rings. The van der Waals surface area contributed by atoms with Gasteiger partial charge in [0.1, 0.15) is 23.9 Å². The van der Waals surface area contributed by atoms with Crippen LogP contribution in [0.4, 0.5) is 14.5 Å². The van der Waals surface area contributed by atoms with Crippen molar-refractivity contribution in [3.05, 3.63) is 51.2 Å². The number of amides is 1. The molecular formula is C14H14ClF2N2OS+. The first kappa shape index (κ1) is 15.9. The molecule has 2 N–H and O–H groups in total. The number of anilines is 1. The number of para-hydroxylation sites is 1. The van der Waals surface area contributed by atoms with Crippen molar-refractivity contribution >= 4 is 34.5 Å². The van der Waals surface area contributed by atoms with Crippen molar-refractivity contribution in [2.24, 2.45) is 0 Å². The lowest BCUT2D eigenvalue weighted by Gasteiger charge is -2.13. The summed E-state index contributed by atoms with van der Waals surface area (Å²) in [7, 11) is 1.82. The molecule has 0 saturated heterocycles. The fourth-order valence-corrected chi connectivity index (χ4v) is 3.08. The molecule has 2 rings (SSSR count). The molecule has 0 fully saturated rings. The zero-order valence-corrected chi connectivity index (χ0v) is 12.8. The third-order valence-corrected chi connectivity index (χ3v) is 4.03. The van der Waals surface area contributed by atoms with Crippen LogP contribution in [-0.4, -0.2) is 19.5 Å². The first-order valence-electron chi connectivity index (χ1n) is 6.25. The zero-order valence-electron chi connectivity index (χ0n) is 11.3. The molecule has 1 atom stereocenters. The quantitative estimate of drug-likeness (QED) is 0.866. The standard InChI is InChI=1S/C14H13ClF2N2OS/c1-19(7-9-5-6-12(15)21-9)8-13(20)18-14-10(16)3-2-4-11(14)17/h2-6H,7-8H2,1H3,(H,18,20)/p+1. The number of thiophene rings is 1. The highest BCUT2D eigenvalue weighted by atomic mass is 35.5. The van der Waals surface area contributed by atoms with Crippen molar-refractivity contribution in [1.82, 2.24) is 0 Å². The second-order valence-electron chi connectivity index (χ2n) is 4.66. The van der Waals surface area contributed by atoms with E-state index in [1.807, 2.05) is 13.1 Å². The Bertz CT molecular complexity index is 627. The number of rotatable bonds is 5. The summed E-state index contributed by atoms with van der Waals surface area (Å²) in [6.45, 7) is 0.716. The van der Waals surface area contributed by atoms with Crippen molar-refractivity contribution in [3.63, 3.8) is 0 Å². The fraction of sp³-hybridized carbons (Fsp3) is 0.214. The smallest absolute Gasteiger partial charge is 0.279 e. The number of quaternary nitrogens is 1. The Morgan fingerprint density at radius 3 is 2.52 bits per heavy atom. The molecule has 1 aromatic carbocycles. The number of likely N-dealkylation sites (N-methyl/N-ethyl adjacent to an activating group) is 1. The maximum absolute atomic E-state index is 13.4. The Hall–Kier alpha value is -1.50. The number of carbonyl (C=O) groups excluding carboxylic acids is 1. The first-order chi connectivity index (χ1) is 9.95. The van der Waals surface area contributed by atoms with Crippen molar-refractivity contribution in [2.45, 2.75) is 6.54 Å². The lowest BCUT2D eigenvalue weighted by atomic mass is 10.3. The molecule has 0 spiro atoms. The van der Waals surface area contributed by atoms with Gasteiger partial charge in [0.05, 0.1) is 16.3 Å². The topological polar surface area (TPSA) is 33.5 Å². The second-order valence-corrected chi connectivity index (χ2v) is 6.46. The Kier molecular flexibility index (Phi) is 5.27. The van der Waals surface area contributed by atoms with E-state index in [1.54, 1.807) is 6.07 Å². The molecule has 1 heterocycles. The van der Waals surface area contributed by atoms with Gasteiger partial charge in [-0.15, -0.1) is 11.3 Å². The van der Waals surface area contributed by atoms with Gasteiger partial charge in [-0.2, -0.15) is 0 Å². The Morgan fingerprint density at radius 1 is 1.29 bits per heavy atom. The van der Waals surface area contributed by atoms with Crippen LogP contribution in [0.25, 0.3) is 0 Å². The first-order valence-corrected chi connectivity index (χ1v) is 7.44. The van der Waals surface area contributed by atoms with Gasteiger partial charge in [0.25, 0.3) is 5.91 Å². The van der Waals surface area contributed by atoms with E-state index in [-0.39, 0.29) is 6.54 Å². The fourth-order valence-electron chi connectivity index (χ4n) is 1.88. The molecule has 21 heavy (non-hydrogen) atoms. The van der Waals surface area contributed by atoms with Gasteiger partial charge in [-0.05, 0) is 24.3 Å². The van der Waals surface area contributed by atoms with Crippen LogP contribution in [0.5, 0.6) is 0 Å². The predicted molar refractivity (Wildman–Crippen MR) is 79.8 cm³/mol. The highest BCUT2D eigenvalue weighted by Gasteiger charge is 2.16. The molecule has 7 heteroatoms. The summed E-state index contributed by atoms with van der Waals surface area (Å²) < 4.78 is 27.5. The number of nitrogens with one attached hydrogen (secondary N) is 2. The van der Waals surface area contributed by atoms with E-state index < -0.39 is 23.2 Å². The maximum Gasteiger partial charge on any atom is 0.279 e. The maximum atomic E-state index is 13.4. The van der Waals surface area contributed by atoms with E-state index in [1.165, 1.54) is 17.4 Å². The van der Waals surface area contributed by atoms with Crippen LogP contribution < -0.4 is 10.2 Å². The van der Waals surface area contributed by atoms with Gasteiger partial charge in [0, 0.05) is 0 Å². The van der Waals surface area contributed by atoms with Gasteiger partial charge in [-0.3, -0.25) is 4.79 Å². The normalized spacial score (nSPS) is 12.2. The molecule has 112 valence electrons. The van der Waals surface area contributed by atoms with Crippen LogP contribution >= 0.6 is 22.9 Å². The summed E-state index contributed by atoms with van der Waals surface area (Å²) in [5.74, 6) is -2.02. The number of hydrogen-bond acceptors (Lipinski definition) is 2. The molecule has 1 unspecified atom stereocenters. The minimum Gasteiger partial charge on any atom is -0.325 e. The Labute approximate surface area is 130 Å². The minimum atomic E-state index is -0.786. The average Bonchev–Trinajstić information content (AvgIpc) is 2.79. The highest BCUT2D eigenvalue weighted by molar-refractivity contribution is 7.16. The average molecular weight is 332 g/mol. The van der Waals surface area contributed by atoms with Crippen LogP contribution in [0.2, 0.25) is 4.34 Å². The van der Waals surface area contributed by atoms with Crippen molar-refractivity contribution in [3.8, 4) is 0 Å². The van der Waals surface area contributed by atoms with Crippen molar-refractivity contribution < 1.29 is 18.5 Å². The molecule has 3 nitrogen and oxygen atoms in total. The van der Waals surface area contributed by atoms with E-state index >= 15 is 0 Å². The van der Waals surface area contributed by atoms with Gasteiger partial charge in [-0.25, -0.2) is 8.78 Å². The van der Waals surface area contributed by atoms with Crippen LogP contribution in [0, 0.1) is 11.6 Å². The molecule has 2 aromatic rings. The second kappa shape index (κ2) is 6.98. The van der Waals surface area contributed by atoms with Gasteiger partial charge in [-0.1, -0.05) is 17.7 Å². The third kappa shape index (κ3) is 4.49. The van der Waals surface area contributed by atoms with Crippen LogP contribution in [-0.2, 0) is 11.3 Å². The number of carbonyl (C=O) groups is 1. The van der Waals surface area contributed by atoms with E-state index in [2.05, 4.69) is 5.32 Å². The lowest BCUT2D eigenvalue weighted by molar-refractivity contribution is -0.884. The Morgan fingerprint density at radius 2 is 1.95 bits per heavy atom. The van der Waals surface area contributed by atoms with Crippen LogP contribution in [0.3, 0.4) is 0 Å². The van der Waals surface area contributed by atoms with E-state index in [0.29, 0.717) is 10.9 Å². The molecular weight excluding hydrogens is 318 g/mol. The lowest BCUT2D eigenvalue weighted by Crippen LogP contribution is -3.08. The molecule has 0 saturated carbocycles. The molecule has 0 aliphatic carbocycles. The molecule has 1 aromatic heterocycles. The summed E-state index contributed by atoms with van der Waals surface area (Å²) in [6.07, 6.45) is 0.